The third-order valence-corrected chi connectivity index (χ3v) is 3.02. The van der Waals surface area contributed by atoms with Gasteiger partial charge in [0.1, 0.15) is 10.7 Å². The van der Waals surface area contributed by atoms with Crippen molar-refractivity contribution in [1.29, 1.82) is 0 Å². The van der Waals surface area contributed by atoms with Gasteiger partial charge < -0.3 is 10.4 Å². The minimum Gasteiger partial charge on any atom is -0.476 e. The van der Waals surface area contributed by atoms with E-state index in [4.69, 9.17) is 5.11 Å². The Labute approximate surface area is 101 Å². The Hall–Kier alpha value is -2.21. The molecule has 0 spiro atoms. The lowest BCUT2D eigenvalue weighted by atomic mass is 10.2. The van der Waals surface area contributed by atoms with Crippen molar-refractivity contribution >= 4 is 28.7 Å². The summed E-state index contributed by atoms with van der Waals surface area (Å²) in [5.41, 5.74) is 1.24. The standard InChI is InChI=1S/C11H8N2O3S/c14-6-12-9-8(7-4-2-1-3-5-7)13-10(17-9)11(15)16/h1-6H,(H,12,14)(H,15,16). The average Bonchev–Trinajstić information content (AvgIpc) is 2.75. The quantitative estimate of drug-likeness (QED) is 0.812. The van der Waals surface area contributed by atoms with Crippen LogP contribution < -0.4 is 5.32 Å². The first-order valence-electron chi connectivity index (χ1n) is 4.72. The topological polar surface area (TPSA) is 79.3 Å². The number of nitrogens with zero attached hydrogens (tertiary/aromatic N) is 1. The van der Waals surface area contributed by atoms with Crippen molar-refractivity contribution in [3.8, 4) is 11.3 Å². The lowest BCUT2D eigenvalue weighted by molar-refractivity contribution is -0.105. The van der Waals surface area contributed by atoms with Gasteiger partial charge in [0.25, 0.3) is 0 Å². The van der Waals surface area contributed by atoms with Crippen LogP contribution in [0.5, 0.6) is 0 Å². The fraction of sp³-hybridized carbons (Fsp3) is 0. The molecular weight excluding hydrogens is 240 g/mol. The number of anilines is 1. The maximum Gasteiger partial charge on any atom is 0.365 e. The van der Waals surface area contributed by atoms with Crippen LogP contribution in [0.3, 0.4) is 0 Å². The van der Waals surface area contributed by atoms with E-state index in [1.807, 2.05) is 18.2 Å². The number of benzene rings is 1. The Morgan fingerprint density at radius 2 is 2.06 bits per heavy atom. The van der Waals surface area contributed by atoms with Gasteiger partial charge in [0.2, 0.25) is 11.4 Å². The molecule has 0 aliphatic carbocycles. The zero-order chi connectivity index (χ0) is 12.3. The number of aromatic carboxylic acids is 1. The molecule has 5 nitrogen and oxygen atoms in total. The first-order chi connectivity index (χ1) is 8.22. The zero-order valence-electron chi connectivity index (χ0n) is 8.58. The number of hydrogen-bond donors (Lipinski definition) is 2. The van der Waals surface area contributed by atoms with E-state index in [2.05, 4.69) is 10.3 Å². The number of carbonyl (C=O) groups excluding carboxylic acids is 1. The predicted octanol–water partition coefficient (Wildman–Crippen LogP) is 2.08. The maximum atomic E-state index is 10.8. The van der Waals surface area contributed by atoms with Crippen molar-refractivity contribution in [2.75, 3.05) is 5.32 Å². The monoisotopic (exact) mass is 248 g/mol. The summed E-state index contributed by atoms with van der Waals surface area (Å²) >= 11 is 0.934. The molecule has 1 aromatic heterocycles. The molecule has 0 atom stereocenters. The van der Waals surface area contributed by atoms with Crippen LogP contribution in [0, 0.1) is 0 Å². The summed E-state index contributed by atoms with van der Waals surface area (Å²) in [6.07, 6.45) is 0.506. The molecule has 0 saturated carbocycles. The highest BCUT2D eigenvalue weighted by atomic mass is 32.1. The molecule has 86 valence electrons. The van der Waals surface area contributed by atoms with E-state index in [0.29, 0.717) is 17.1 Å². The zero-order valence-corrected chi connectivity index (χ0v) is 9.40. The summed E-state index contributed by atoms with van der Waals surface area (Å²) in [5.74, 6) is -1.11. The van der Waals surface area contributed by atoms with Crippen LogP contribution >= 0.6 is 11.3 Å². The number of carbonyl (C=O) groups is 2. The van der Waals surface area contributed by atoms with Gasteiger partial charge in [-0.05, 0) is 0 Å². The number of aromatic nitrogens is 1. The molecule has 0 saturated heterocycles. The molecule has 0 bridgehead atoms. The molecule has 2 N–H and O–H groups in total. The van der Waals surface area contributed by atoms with Gasteiger partial charge in [-0.1, -0.05) is 41.7 Å². The van der Waals surface area contributed by atoms with Crippen molar-refractivity contribution in [2.24, 2.45) is 0 Å². The second-order valence-corrected chi connectivity index (χ2v) is 4.13. The summed E-state index contributed by atoms with van der Waals surface area (Å²) in [7, 11) is 0. The summed E-state index contributed by atoms with van der Waals surface area (Å²) in [6, 6.07) is 9.09. The molecule has 0 unspecified atom stereocenters. The second kappa shape index (κ2) is 4.75. The van der Waals surface area contributed by atoms with E-state index in [-0.39, 0.29) is 5.01 Å². The molecule has 0 fully saturated rings. The van der Waals surface area contributed by atoms with Crippen molar-refractivity contribution in [1.82, 2.24) is 4.98 Å². The number of carboxylic acid groups (broad SMARTS) is 1. The molecule has 1 heterocycles. The summed E-state index contributed by atoms with van der Waals surface area (Å²) in [6.45, 7) is 0. The van der Waals surface area contributed by atoms with Gasteiger partial charge in [0.05, 0.1) is 0 Å². The van der Waals surface area contributed by atoms with Gasteiger partial charge >= 0.3 is 5.97 Å². The number of nitrogens with one attached hydrogen (secondary N) is 1. The van der Waals surface area contributed by atoms with Crippen LogP contribution in [0.4, 0.5) is 5.00 Å². The third kappa shape index (κ3) is 2.31. The number of rotatable bonds is 4. The molecule has 6 heteroatoms. The molecule has 0 aliphatic heterocycles. The van der Waals surface area contributed by atoms with Gasteiger partial charge in [-0.2, -0.15) is 0 Å². The highest BCUT2D eigenvalue weighted by Crippen LogP contribution is 2.32. The fourth-order valence-electron chi connectivity index (χ4n) is 1.35. The third-order valence-electron chi connectivity index (χ3n) is 2.05. The molecule has 1 aromatic carbocycles. The first kappa shape index (κ1) is 11.3. The molecule has 0 aliphatic rings. The minimum atomic E-state index is -1.11. The van der Waals surface area contributed by atoms with E-state index < -0.39 is 5.97 Å². The number of thiazole rings is 1. The number of amides is 1. The Bertz CT molecular complexity index is 551. The highest BCUT2D eigenvalue weighted by Gasteiger charge is 2.16. The Balaban J connectivity index is 2.51. The molecule has 2 rings (SSSR count). The van der Waals surface area contributed by atoms with Crippen molar-refractivity contribution in [2.45, 2.75) is 0 Å². The van der Waals surface area contributed by atoms with Crippen LogP contribution in [-0.4, -0.2) is 22.5 Å². The summed E-state index contributed by atoms with van der Waals surface area (Å²) in [5, 5.41) is 11.7. The van der Waals surface area contributed by atoms with Crippen molar-refractivity contribution in [3.05, 3.63) is 35.3 Å². The first-order valence-corrected chi connectivity index (χ1v) is 5.53. The SMILES string of the molecule is O=CNc1sc(C(=O)O)nc1-c1ccccc1. The van der Waals surface area contributed by atoms with Gasteiger partial charge in [-0.15, -0.1) is 0 Å². The largest absolute Gasteiger partial charge is 0.476 e. The molecule has 17 heavy (non-hydrogen) atoms. The van der Waals surface area contributed by atoms with Crippen LogP contribution in [0.25, 0.3) is 11.3 Å². The van der Waals surface area contributed by atoms with E-state index in [1.165, 1.54) is 0 Å². The Morgan fingerprint density at radius 3 is 2.65 bits per heavy atom. The van der Waals surface area contributed by atoms with E-state index in [9.17, 15) is 9.59 Å². The van der Waals surface area contributed by atoms with Crippen molar-refractivity contribution < 1.29 is 14.7 Å². The molecular formula is C11H8N2O3S. The Kier molecular flexibility index (Phi) is 3.15. The fourth-order valence-corrected chi connectivity index (χ4v) is 2.14. The Morgan fingerprint density at radius 1 is 1.35 bits per heavy atom. The van der Waals surface area contributed by atoms with E-state index in [1.54, 1.807) is 12.1 Å². The maximum absolute atomic E-state index is 10.8. The molecule has 1 amide bonds. The van der Waals surface area contributed by atoms with Gasteiger partial charge in [0.15, 0.2) is 0 Å². The predicted molar refractivity (Wildman–Crippen MR) is 64.2 cm³/mol. The van der Waals surface area contributed by atoms with Crippen molar-refractivity contribution in [3.63, 3.8) is 0 Å². The molecule has 2 aromatic rings. The number of hydrogen-bond acceptors (Lipinski definition) is 4. The van der Waals surface area contributed by atoms with Crippen LogP contribution in [0.15, 0.2) is 30.3 Å². The van der Waals surface area contributed by atoms with E-state index >= 15 is 0 Å². The van der Waals surface area contributed by atoms with Gasteiger partial charge in [-0.25, -0.2) is 9.78 Å². The second-order valence-electron chi connectivity index (χ2n) is 3.13. The van der Waals surface area contributed by atoms with Gasteiger partial charge in [-0.3, -0.25) is 4.79 Å². The van der Waals surface area contributed by atoms with Crippen LogP contribution in [-0.2, 0) is 4.79 Å². The molecule has 0 radical (unpaired) electrons. The minimum absolute atomic E-state index is 0.0480. The lowest BCUT2D eigenvalue weighted by Gasteiger charge is -1.99. The summed E-state index contributed by atoms with van der Waals surface area (Å²) < 4.78 is 0. The average molecular weight is 248 g/mol. The smallest absolute Gasteiger partial charge is 0.365 e. The van der Waals surface area contributed by atoms with E-state index in [0.717, 1.165) is 16.9 Å². The highest BCUT2D eigenvalue weighted by molar-refractivity contribution is 7.18. The number of carboxylic acids is 1. The van der Waals surface area contributed by atoms with Gasteiger partial charge in [0, 0.05) is 5.56 Å². The lowest BCUT2D eigenvalue weighted by Crippen LogP contribution is -1.94. The normalized spacial score (nSPS) is 9.88. The summed E-state index contributed by atoms with van der Waals surface area (Å²) in [4.78, 5) is 25.3. The van der Waals surface area contributed by atoms with Crippen LogP contribution in [0.2, 0.25) is 0 Å². The van der Waals surface area contributed by atoms with Crippen LogP contribution in [0.1, 0.15) is 9.80 Å².